The van der Waals surface area contributed by atoms with Gasteiger partial charge in [0.1, 0.15) is 6.04 Å². The molecule has 1 aromatic carbocycles. The number of piperidine rings is 1. The molecule has 4 heterocycles. The summed E-state index contributed by atoms with van der Waals surface area (Å²) in [4.78, 5) is 49.7. The Morgan fingerprint density at radius 3 is 2.72 bits per heavy atom. The number of fused-ring (bicyclic) bond motifs is 3. The maximum atomic E-state index is 13.6. The SMILES string of the molecule is CNC(=O)NC1CCN(C(=O)CN2CC(C)(C)OC[C@H]2C(=O)Nc2cc(Cl)cc3c2[nH]c2cnccc23)CC1. The molecule has 4 N–H and O–H groups in total. The summed E-state index contributed by atoms with van der Waals surface area (Å²) in [5.41, 5.74) is 1.65. The van der Waals surface area contributed by atoms with Crippen LogP contribution in [-0.4, -0.2) is 95.1 Å². The topological polar surface area (TPSA) is 132 Å². The van der Waals surface area contributed by atoms with Crippen LogP contribution in [-0.2, 0) is 14.3 Å². The van der Waals surface area contributed by atoms with Gasteiger partial charge in [-0.25, -0.2) is 4.79 Å². The highest BCUT2D eigenvalue weighted by Crippen LogP contribution is 2.33. The van der Waals surface area contributed by atoms with Gasteiger partial charge in [0.05, 0.1) is 41.7 Å². The minimum Gasteiger partial charge on any atom is -0.372 e. The van der Waals surface area contributed by atoms with Gasteiger partial charge in [0.25, 0.3) is 0 Å². The maximum absolute atomic E-state index is 13.6. The fourth-order valence-electron chi connectivity index (χ4n) is 5.40. The lowest BCUT2D eigenvalue weighted by molar-refractivity contribution is -0.150. The molecule has 0 aliphatic carbocycles. The molecule has 2 aromatic heterocycles. The van der Waals surface area contributed by atoms with Crippen molar-refractivity contribution in [2.45, 2.75) is 44.4 Å². The standard InChI is InChI=1S/C27H34ClN7O4/c1-27(2)15-35(13-23(36)34-8-5-17(6-9-34)31-26(38)29-3)22(14-39-27)25(37)33-20-11-16(28)10-19-18-4-7-30-12-21(18)32-24(19)20/h4,7,10-12,17,22,32H,5-6,8-9,13-15H2,1-3H3,(H,33,37)(H2,29,31,38)/t22-/m0/s1. The number of carbonyl (C=O) groups excluding carboxylic acids is 3. The van der Waals surface area contributed by atoms with Gasteiger partial charge >= 0.3 is 6.03 Å². The number of amides is 4. The number of nitrogens with zero attached hydrogens (tertiary/aromatic N) is 3. The molecular formula is C27H34ClN7O4. The second kappa shape index (κ2) is 11.0. The number of rotatable bonds is 5. The fourth-order valence-corrected chi connectivity index (χ4v) is 5.62. The molecular weight excluding hydrogens is 522 g/mol. The summed E-state index contributed by atoms with van der Waals surface area (Å²) >= 11 is 6.42. The van der Waals surface area contributed by atoms with Crippen LogP contribution in [0.1, 0.15) is 26.7 Å². The van der Waals surface area contributed by atoms with Crippen LogP contribution in [0, 0.1) is 0 Å². The molecule has 4 amide bonds. The van der Waals surface area contributed by atoms with Crippen LogP contribution in [0.5, 0.6) is 0 Å². The largest absolute Gasteiger partial charge is 0.372 e. The predicted molar refractivity (Wildman–Crippen MR) is 150 cm³/mol. The third-order valence-electron chi connectivity index (χ3n) is 7.44. The summed E-state index contributed by atoms with van der Waals surface area (Å²) in [6, 6.07) is 4.63. The normalized spacial score (nSPS) is 20.2. The van der Waals surface area contributed by atoms with E-state index >= 15 is 0 Å². The molecule has 39 heavy (non-hydrogen) atoms. The first-order valence-corrected chi connectivity index (χ1v) is 13.5. The molecule has 208 valence electrons. The molecule has 2 fully saturated rings. The number of benzene rings is 1. The number of ether oxygens (including phenoxy) is 1. The van der Waals surface area contributed by atoms with Crippen LogP contribution >= 0.6 is 11.6 Å². The lowest BCUT2D eigenvalue weighted by Crippen LogP contribution is -2.60. The summed E-state index contributed by atoms with van der Waals surface area (Å²) in [5.74, 6) is -0.315. The van der Waals surface area contributed by atoms with Crippen LogP contribution in [0.15, 0.2) is 30.6 Å². The molecule has 0 bridgehead atoms. The molecule has 0 spiro atoms. The second-order valence-electron chi connectivity index (χ2n) is 10.8. The number of morpholine rings is 1. The summed E-state index contributed by atoms with van der Waals surface area (Å²) in [6.07, 6.45) is 4.81. The van der Waals surface area contributed by atoms with E-state index < -0.39 is 11.6 Å². The van der Waals surface area contributed by atoms with Crippen molar-refractivity contribution in [2.75, 3.05) is 45.2 Å². The number of likely N-dealkylation sites (tertiary alicyclic amines) is 1. The monoisotopic (exact) mass is 555 g/mol. The summed E-state index contributed by atoms with van der Waals surface area (Å²) in [7, 11) is 1.58. The smallest absolute Gasteiger partial charge is 0.314 e. The Labute approximate surface area is 231 Å². The van der Waals surface area contributed by atoms with Crippen molar-refractivity contribution < 1.29 is 19.1 Å². The number of hydrogen-bond donors (Lipinski definition) is 4. The lowest BCUT2D eigenvalue weighted by atomic mass is 10.0. The number of aromatic amines is 1. The van der Waals surface area contributed by atoms with Crippen LogP contribution in [0.3, 0.4) is 0 Å². The van der Waals surface area contributed by atoms with Crippen molar-refractivity contribution in [1.29, 1.82) is 0 Å². The van der Waals surface area contributed by atoms with Crippen molar-refractivity contribution in [1.82, 2.24) is 30.4 Å². The van der Waals surface area contributed by atoms with Gasteiger partial charge < -0.3 is 30.6 Å². The van der Waals surface area contributed by atoms with E-state index in [-0.39, 0.29) is 37.0 Å². The molecule has 3 aromatic rings. The fraction of sp³-hybridized carbons (Fsp3) is 0.481. The first-order valence-electron chi connectivity index (χ1n) is 13.1. The Kier molecular flexibility index (Phi) is 7.66. The first kappa shape index (κ1) is 27.2. The zero-order valence-corrected chi connectivity index (χ0v) is 23.1. The van der Waals surface area contributed by atoms with E-state index in [0.717, 1.165) is 21.8 Å². The Hall–Kier alpha value is -3.41. The molecule has 0 radical (unpaired) electrons. The molecule has 1 atom stereocenters. The molecule has 2 aliphatic heterocycles. The van der Waals surface area contributed by atoms with E-state index in [4.69, 9.17) is 16.3 Å². The first-order chi connectivity index (χ1) is 18.6. The van der Waals surface area contributed by atoms with E-state index in [2.05, 4.69) is 25.9 Å². The minimum atomic E-state index is -0.658. The van der Waals surface area contributed by atoms with Crippen molar-refractivity contribution in [2.24, 2.45) is 0 Å². The average Bonchev–Trinajstić information content (AvgIpc) is 3.27. The number of halogens is 1. The second-order valence-corrected chi connectivity index (χ2v) is 11.2. The quantitative estimate of drug-likeness (QED) is 0.383. The number of aromatic nitrogens is 2. The molecule has 0 saturated carbocycles. The van der Waals surface area contributed by atoms with E-state index in [0.29, 0.717) is 43.2 Å². The van der Waals surface area contributed by atoms with Crippen LogP contribution in [0.2, 0.25) is 5.02 Å². The molecule has 12 heteroatoms. The molecule has 2 aliphatic rings. The number of carbonyl (C=O) groups is 3. The van der Waals surface area contributed by atoms with Gasteiger partial charge in [0.2, 0.25) is 11.8 Å². The van der Waals surface area contributed by atoms with Crippen LogP contribution in [0.4, 0.5) is 10.5 Å². The molecule has 5 rings (SSSR count). The third-order valence-corrected chi connectivity index (χ3v) is 7.66. The predicted octanol–water partition coefficient (Wildman–Crippen LogP) is 2.71. The summed E-state index contributed by atoms with van der Waals surface area (Å²) in [5, 5.41) is 10.8. The van der Waals surface area contributed by atoms with Crippen molar-refractivity contribution in [3.05, 3.63) is 35.6 Å². The van der Waals surface area contributed by atoms with Gasteiger partial charge in [-0.1, -0.05) is 11.6 Å². The number of nitrogens with one attached hydrogen (secondary N) is 4. The van der Waals surface area contributed by atoms with Crippen LogP contribution in [0.25, 0.3) is 21.8 Å². The highest BCUT2D eigenvalue weighted by molar-refractivity contribution is 6.33. The van der Waals surface area contributed by atoms with Gasteiger partial charge in [0.15, 0.2) is 0 Å². The van der Waals surface area contributed by atoms with Gasteiger partial charge in [-0.15, -0.1) is 0 Å². The van der Waals surface area contributed by atoms with Gasteiger partial charge in [-0.05, 0) is 44.9 Å². The van der Waals surface area contributed by atoms with E-state index in [1.54, 1.807) is 30.4 Å². The Balaban J connectivity index is 1.30. The number of H-pyrrole nitrogens is 1. The highest BCUT2D eigenvalue weighted by Gasteiger charge is 2.39. The average molecular weight is 556 g/mol. The summed E-state index contributed by atoms with van der Waals surface area (Å²) < 4.78 is 6.00. The number of urea groups is 1. The number of pyridine rings is 1. The molecule has 0 unspecified atom stereocenters. The summed E-state index contributed by atoms with van der Waals surface area (Å²) in [6.45, 7) is 5.68. The van der Waals surface area contributed by atoms with Crippen molar-refractivity contribution >= 4 is 56.9 Å². The Morgan fingerprint density at radius 2 is 1.97 bits per heavy atom. The van der Waals surface area contributed by atoms with Crippen molar-refractivity contribution in [3.8, 4) is 0 Å². The zero-order chi connectivity index (χ0) is 27.7. The van der Waals surface area contributed by atoms with Gasteiger partial charge in [-0.3, -0.25) is 19.5 Å². The Morgan fingerprint density at radius 1 is 1.21 bits per heavy atom. The van der Waals surface area contributed by atoms with Gasteiger partial charge in [-0.2, -0.15) is 0 Å². The molecule has 11 nitrogen and oxygen atoms in total. The van der Waals surface area contributed by atoms with E-state index in [1.165, 1.54) is 0 Å². The van der Waals surface area contributed by atoms with Crippen LogP contribution < -0.4 is 16.0 Å². The van der Waals surface area contributed by atoms with E-state index in [1.807, 2.05) is 30.9 Å². The number of anilines is 1. The highest BCUT2D eigenvalue weighted by atomic mass is 35.5. The van der Waals surface area contributed by atoms with E-state index in [9.17, 15) is 14.4 Å². The number of hydrogen-bond acceptors (Lipinski definition) is 6. The lowest BCUT2D eigenvalue weighted by Gasteiger charge is -2.43. The maximum Gasteiger partial charge on any atom is 0.314 e. The third kappa shape index (κ3) is 5.95. The van der Waals surface area contributed by atoms with Crippen molar-refractivity contribution in [3.63, 3.8) is 0 Å². The van der Waals surface area contributed by atoms with Gasteiger partial charge in [0, 0.05) is 54.7 Å². The minimum absolute atomic E-state index is 0.0322. The molecule has 2 saturated heterocycles. The zero-order valence-electron chi connectivity index (χ0n) is 22.3. The Bertz CT molecular complexity index is 1400.